The molecule has 19 heavy (non-hydrogen) atoms. The van der Waals surface area contributed by atoms with Crippen molar-refractivity contribution in [2.24, 2.45) is 0 Å². The second-order valence-corrected chi connectivity index (χ2v) is 5.49. The fraction of sp³-hybridized carbons (Fsp3) is 0.267. The normalized spacial score (nSPS) is 10.5. The maximum absolute atomic E-state index is 5.96. The lowest BCUT2D eigenvalue weighted by Gasteiger charge is -2.13. The van der Waals surface area contributed by atoms with Gasteiger partial charge in [-0.2, -0.15) is 0 Å². The maximum atomic E-state index is 5.96. The molecule has 0 bridgehead atoms. The van der Waals surface area contributed by atoms with Crippen LogP contribution in [-0.4, -0.2) is 11.6 Å². The smallest absolute Gasteiger partial charge is 0.126 e. The van der Waals surface area contributed by atoms with Gasteiger partial charge in [-0.3, -0.25) is 4.98 Å². The van der Waals surface area contributed by atoms with Crippen LogP contribution in [0.5, 0.6) is 5.75 Å². The van der Waals surface area contributed by atoms with Crippen LogP contribution in [0.1, 0.15) is 16.7 Å². The number of nitrogens with zero attached hydrogens (tertiary/aromatic N) is 1. The Labute approximate surface area is 126 Å². The Bertz CT molecular complexity index is 545. The topological polar surface area (TPSA) is 22.1 Å². The number of hydrogen-bond donors (Lipinski definition) is 0. The summed E-state index contributed by atoms with van der Waals surface area (Å²) in [5, 5.41) is 0. The molecule has 0 aliphatic heterocycles. The molecule has 0 amide bonds. The Balaban J connectivity index is 2.03. The van der Waals surface area contributed by atoms with E-state index < -0.39 is 0 Å². The Kier molecular flexibility index (Phi) is 5.23. The van der Waals surface area contributed by atoms with Gasteiger partial charge < -0.3 is 4.74 Å². The Morgan fingerprint density at radius 2 is 2.21 bits per heavy atom. The molecule has 0 saturated carbocycles. The number of alkyl halides is 1. The third-order valence-corrected chi connectivity index (χ3v) is 3.57. The first-order valence-electron chi connectivity index (χ1n) is 6.07. The van der Waals surface area contributed by atoms with Crippen molar-refractivity contribution in [3.05, 3.63) is 57.8 Å². The second-order valence-electron chi connectivity index (χ2n) is 4.30. The number of hydrogen-bond acceptors (Lipinski definition) is 2. The zero-order valence-electron chi connectivity index (χ0n) is 10.7. The average molecular weight is 341 g/mol. The van der Waals surface area contributed by atoms with E-state index in [0.29, 0.717) is 12.5 Å². The standard InChI is InChI=1S/C15H15BrClNO/c1-11-7-14(16)8-13(9-17)15(11)19-6-4-12-3-2-5-18-10-12/h2-3,5,7-8,10H,4,6,9H2,1H3. The number of ether oxygens (including phenoxy) is 1. The monoisotopic (exact) mass is 339 g/mol. The highest BCUT2D eigenvalue weighted by molar-refractivity contribution is 9.10. The van der Waals surface area contributed by atoms with Gasteiger partial charge in [0, 0.05) is 28.9 Å². The first-order valence-corrected chi connectivity index (χ1v) is 7.40. The van der Waals surface area contributed by atoms with Gasteiger partial charge >= 0.3 is 0 Å². The summed E-state index contributed by atoms with van der Waals surface area (Å²) in [4.78, 5) is 4.09. The fourth-order valence-electron chi connectivity index (χ4n) is 1.92. The van der Waals surface area contributed by atoms with Gasteiger partial charge in [0.15, 0.2) is 0 Å². The molecule has 2 aromatic rings. The molecule has 1 aromatic heterocycles. The quantitative estimate of drug-likeness (QED) is 0.747. The summed E-state index contributed by atoms with van der Waals surface area (Å²) < 4.78 is 6.91. The second kappa shape index (κ2) is 6.92. The van der Waals surface area contributed by atoms with Crippen LogP contribution >= 0.6 is 27.5 Å². The van der Waals surface area contributed by atoms with E-state index in [0.717, 1.165) is 27.8 Å². The van der Waals surface area contributed by atoms with Crippen molar-refractivity contribution in [2.75, 3.05) is 6.61 Å². The molecule has 0 N–H and O–H groups in total. The molecule has 100 valence electrons. The summed E-state index contributed by atoms with van der Waals surface area (Å²) in [5.74, 6) is 1.34. The molecule has 2 rings (SSSR count). The van der Waals surface area contributed by atoms with Crippen LogP contribution in [0.4, 0.5) is 0 Å². The average Bonchev–Trinajstić information content (AvgIpc) is 2.42. The van der Waals surface area contributed by atoms with E-state index in [4.69, 9.17) is 16.3 Å². The Morgan fingerprint density at radius 1 is 1.37 bits per heavy atom. The van der Waals surface area contributed by atoms with Crippen molar-refractivity contribution in [2.45, 2.75) is 19.2 Å². The first kappa shape index (κ1) is 14.4. The Morgan fingerprint density at radius 3 is 2.89 bits per heavy atom. The third kappa shape index (κ3) is 3.95. The van der Waals surface area contributed by atoms with E-state index in [2.05, 4.69) is 20.9 Å². The highest BCUT2D eigenvalue weighted by Gasteiger charge is 2.08. The highest BCUT2D eigenvalue weighted by Crippen LogP contribution is 2.29. The van der Waals surface area contributed by atoms with Gasteiger partial charge in [-0.1, -0.05) is 22.0 Å². The first-order chi connectivity index (χ1) is 9.20. The lowest BCUT2D eigenvalue weighted by molar-refractivity contribution is 0.317. The van der Waals surface area contributed by atoms with Gasteiger partial charge in [0.1, 0.15) is 5.75 Å². The van der Waals surface area contributed by atoms with Crippen LogP contribution in [0.2, 0.25) is 0 Å². The molecule has 1 heterocycles. The molecule has 0 aliphatic rings. The summed E-state index contributed by atoms with van der Waals surface area (Å²) in [6.45, 7) is 2.65. The van der Waals surface area contributed by atoms with Gasteiger partial charge in [0.2, 0.25) is 0 Å². The number of aryl methyl sites for hydroxylation is 1. The molecule has 0 atom stereocenters. The van der Waals surface area contributed by atoms with Crippen LogP contribution in [0.3, 0.4) is 0 Å². The minimum Gasteiger partial charge on any atom is -0.493 e. The SMILES string of the molecule is Cc1cc(Br)cc(CCl)c1OCCc1cccnc1. The van der Waals surface area contributed by atoms with E-state index in [1.165, 1.54) is 5.56 Å². The lowest BCUT2D eigenvalue weighted by atomic mass is 10.1. The molecule has 4 heteroatoms. The number of aromatic nitrogens is 1. The van der Waals surface area contributed by atoms with E-state index in [9.17, 15) is 0 Å². The van der Waals surface area contributed by atoms with Gasteiger partial charge in [0.05, 0.1) is 12.5 Å². The molecule has 0 aliphatic carbocycles. The van der Waals surface area contributed by atoms with E-state index in [1.54, 1.807) is 6.20 Å². The van der Waals surface area contributed by atoms with Crippen LogP contribution in [0, 0.1) is 6.92 Å². The molecule has 0 saturated heterocycles. The predicted molar refractivity (Wildman–Crippen MR) is 81.9 cm³/mol. The van der Waals surface area contributed by atoms with Crippen molar-refractivity contribution in [1.29, 1.82) is 0 Å². The van der Waals surface area contributed by atoms with Crippen LogP contribution in [-0.2, 0) is 12.3 Å². The number of halogens is 2. The van der Waals surface area contributed by atoms with Gasteiger partial charge in [-0.25, -0.2) is 0 Å². The molecular formula is C15H15BrClNO. The van der Waals surface area contributed by atoms with E-state index in [-0.39, 0.29) is 0 Å². The van der Waals surface area contributed by atoms with Crippen LogP contribution in [0.25, 0.3) is 0 Å². The van der Waals surface area contributed by atoms with Crippen molar-refractivity contribution in [3.8, 4) is 5.75 Å². The van der Waals surface area contributed by atoms with E-state index in [1.807, 2.05) is 37.4 Å². The third-order valence-electron chi connectivity index (χ3n) is 2.82. The molecule has 1 aromatic carbocycles. The summed E-state index contributed by atoms with van der Waals surface area (Å²) in [5.41, 5.74) is 3.28. The number of rotatable bonds is 5. The summed E-state index contributed by atoms with van der Waals surface area (Å²) in [7, 11) is 0. The Hall–Kier alpha value is -1.06. The number of benzene rings is 1. The zero-order valence-corrected chi connectivity index (χ0v) is 13.0. The van der Waals surface area contributed by atoms with Crippen molar-refractivity contribution >= 4 is 27.5 Å². The summed E-state index contributed by atoms with van der Waals surface area (Å²) in [6, 6.07) is 8.02. The molecule has 0 spiro atoms. The van der Waals surface area contributed by atoms with Crippen LogP contribution < -0.4 is 4.74 Å². The minimum absolute atomic E-state index is 0.447. The molecule has 2 nitrogen and oxygen atoms in total. The van der Waals surface area contributed by atoms with Gasteiger partial charge in [-0.05, 0) is 36.2 Å². The molecule has 0 fully saturated rings. The van der Waals surface area contributed by atoms with Crippen molar-refractivity contribution < 1.29 is 4.74 Å². The predicted octanol–water partition coefficient (Wildman–Crippen LogP) is 4.51. The fourth-order valence-corrected chi connectivity index (χ4v) is 2.74. The largest absolute Gasteiger partial charge is 0.493 e. The zero-order chi connectivity index (χ0) is 13.7. The van der Waals surface area contributed by atoms with Gasteiger partial charge in [0.25, 0.3) is 0 Å². The highest BCUT2D eigenvalue weighted by atomic mass is 79.9. The molecular weight excluding hydrogens is 326 g/mol. The van der Waals surface area contributed by atoms with E-state index >= 15 is 0 Å². The maximum Gasteiger partial charge on any atom is 0.126 e. The number of pyridine rings is 1. The van der Waals surface area contributed by atoms with Crippen molar-refractivity contribution in [1.82, 2.24) is 4.98 Å². The minimum atomic E-state index is 0.447. The van der Waals surface area contributed by atoms with Gasteiger partial charge in [-0.15, -0.1) is 11.6 Å². The molecule has 0 radical (unpaired) electrons. The summed E-state index contributed by atoms with van der Waals surface area (Å²) in [6.07, 6.45) is 4.47. The summed E-state index contributed by atoms with van der Waals surface area (Å²) >= 11 is 9.43. The van der Waals surface area contributed by atoms with Crippen molar-refractivity contribution in [3.63, 3.8) is 0 Å². The molecule has 0 unspecified atom stereocenters. The lowest BCUT2D eigenvalue weighted by Crippen LogP contribution is -2.04. The van der Waals surface area contributed by atoms with Crippen LogP contribution in [0.15, 0.2) is 41.1 Å².